The van der Waals surface area contributed by atoms with Gasteiger partial charge < -0.3 is 9.64 Å². The molecule has 2 unspecified atom stereocenters. The van der Waals surface area contributed by atoms with Gasteiger partial charge in [0.2, 0.25) is 10.0 Å². The molecular weight excluding hydrogens is 414 g/mol. The predicted molar refractivity (Wildman–Crippen MR) is 122 cm³/mol. The maximum absolute atomic E-state index is 13.2. The van der Waals surface area contributed by atoms with Gasteiger partial charge >= 0.3 is 0 Å². The molecule has 174 valence electrons. The summed E-state index contributed by atoms with van der Waals surface area (Å²) in [5.74, 6) is 0.497. The molecule has 1 aromatic rings. The molecule has 0 saturated carbocycles. The van der Waals surface area contributed by atoms with E-state index in [1.807, 2.05) is 17.9 Å². The summed E-state index contributed by atoms with van der Waals surface area (Å²) < 4.78 is 32.5. The Balaban J connectivity index is 1.66. The van der Waals surface area contributed by atoms with Crippen LogP contribution in [0.25, 0.3) is 0 Å². The fourth-order valence-electron chi connectivity index (χ4n) is 4.71. The Labute approximate surface area is 187 Å². The van der Waals surface area contributed by atoms with Crippen molar-refractivity contribution in [1.29, 1.82) is 0 Å². The highest BCUT2D eigenvalue weighted by Crippen LogP contribution is 2.26. The van der Waals surface area contributed by atoms with E-state index in [0.29, 0.717) is 30.1 Å². The smallest absolute Gasteiger partial charge is 0.253 e. The largest absolute Gasteiger partial charge is 0.373 e. The second-order valence-corrected chi connectivity index (χ2v) is 11.5. The molecule has 8 heteroatoms. The molecule has 2 fully saturated rings. The minimum atomic E-state index is -3.60. The number of amides is 1. The van der Waals surface area contributed by atoms with Crippen LogP contribution in [-0.2, 0) is 14.8 Å². The fourth-order valence-corrected chi connectivity index (χ4v) is 5.93. The van der Waals surface area contributed by atoms with E-state index in [0.717, 1.165) is 38.0 Å². The van der Waals surface area contributed by atoms with E-state index in [1.54, 1.807) is 13.0 Å². The van der Waals surface area contributed by atoms with E-state index in [1.165, 1.54) is 18.4 Å². The Bertz CT molecular complexity index is 898. The topological polar surface area (TPSA) is 70.2 Å². The first-order valence-electron chi connectivity index (χ1n) is 11.2. The van der Waals surface area contributed by atoms with Crippen LogP contribution in [-0.4, -0.2) is 87.5 Å². The SMILES string of the molecule is Cc1cc(C(=O)N2CCC(CN3CC(C)OC(C)C3)CC2)cc(S(=O)(=O)N(C)C)c1C. The van der Waals surface area contributed by atoms with E-state index >= 15 is 0 Å². The van der Waals surface area contributed by atoms with Gasteiger partial charge in [0.15, 0.2) is 0 Å². The van der Waals surface area contributed by atoms with Gasteiger partial charge in [-0.3, -0.25) is 9.69 Å². The molecule has 0 N–H and O–H groups in total. The minimum absolute atomic E-state index is 0.0784. The van der Waals surface area contributed by atoms with Gasteiger partial charge in [0.05, 0.1) is 17.1 Å². The number of piperidine rings is 1. The first-order chi connectivity index (χ1) is 14.5. The van der Waals surface area contributed by atoms with Crippen molar-refractivity contribution >= 4 is 15.9 Å². The number of aryl methyl sites for hydroxylation is 1. The molecular formula is C23H37N3O4S. The molecule has 2 saturated heterocycles. The van der Waals surface area contributed by atoms with Crippen LogP contribution in [0.4, 0.5) is 0 Å². The summed E-state index contributed by atoms with van der Waals surface area (Å²) in [5, 5.41) is 0. The predicted octanol–water partition coefficient (Wildman–Crippen LogP) is 2.52. The highest BCUT2D eigenvalue weighted by molar-refractivity contribution is 7.89. The van der Waals surface area contributed by atoms with E-state index in [9.17, 15) is 13.2 Å². The monoisotopic (exact) mass is 451 g/mol. The van der Waals surface area contributed by atoms with Crippen molar-refractivity contribution in [2.75, 3.05) is 46.8 Å². The first kappa shape index (κ1) is 24.2. The number of rotatable bonds is 5. The quantitative estimate of drug-likeness (QED) is 0.688. The van der Waals surface area contributed by atoms with Gasteiger partial charge in [0.1, 0.15) is 0 Å². The minimum Gasteiger partial charge on any atom is -0.373 e. The van der Waals surface area contributed by atoms with Crippen molar-refractivity contribution in [3.63, 3.8) is 0 Å². The van der Waals surface area contributed by atoms with Crippen molar-refractivity contribution in [3.05, 3.63) is 28.8 Å². The standard InChI is InChI=1S/C23H37N3O4S/c1-16-11-21(12-22(19(16)4)31(28,29)24(5)6)23(27)26-9-7-20(8-10-26)15-25-13-17(2)30-18(3)14-25/h11-12,17-18,20H,7-10,13-15H2,1-6H3. The Morgan fingerprint density at radius 2 is 1.68 bits per heavy atom. The molecule has 2 aliphatic heterocycles. The van der Waals surface area contributed by atoms with Gasteiger partial charge in [-0.15, -0.1) is 0 Å². The van der Waals surface area contributed by atoms with E-state index in [4.69, 9.17) is 4.74 Å². The van der Waals surface area contributed by atoms with Gasteiger partial charge in [-0.1, -0.05) is 0 Å². The summed E-state index contributed by atoms with van der Waals surface area (Å²) in [4.78, 5) is 17.8. The lowest BCUT2D eigenvalue weighted by Gasteiger charge is -2.39. The number of hydrogen-bond acceptors (Lipinski definition) is 5. The molecule has 2 atom stereocenters. The average Bonchev–Trinajstić information content (AvgIpc) is 2.69. The number of benzene rings is 1. The summed E-state index contributed by atoms with van der Waals surface area (Å²) in [6, 6.07) is 3.36. The van der Waals surface area contributed by atoms with Crippen molar-refractivity contribution in [2.24, 2.45) is 5.92 Å². The molecule has 31 heavy (non-hydrogen) atoms. The number of hydrogen-bond donors (Lipinski definition) is 0. The second kappa shape index (κ2) is 9.57. The first-order valence-corrected chi connectivity index (χ1v) is 12.6. The molecule has 1 aromatic carbocycles. The van der Waals surface area contributed by atoms with Gasteiger partial charge in [-0.2, -0.15) is 0 Å². The third-order valence-electron chi connectivity index (χ3n) is 6.54. The molecule has 0 spiro atoms. The Kier molecular flexibility index (Phi) is 7.46. The van der Waals surface area contributed by atoms with Crippen LogP contribution in [0, 0.1) is 19.8 Å². The lowest BCUT2D eigenvalue weighted by molar-refractivity contribution is -0.0728. The van der Waals surface area contributed by atoms with Gasteiger partial charge in [0.25, 0.3) is 5.91 Å². The van der Waals surface area contributed by atoms with Gasteiger partial charge in [0, 0.05) is 52.4 Å². The third kappa shape index (κ3) is 5.48. The van der Waals surface area contributed by atoms with E-state index < -0.39 is 10.0 Å². The highest BCUT2D eigenvalue weighted by atomic mass is 32.2. The number of likely N-dealkylation sites (tertiary alicyclic amines) is 1. The van der Waals surface area contributed by atoms with Crippen LogP contribution in [0.15, 0.2) is 17.0 Å². The number of ether oxygens (including phenoxy) is 1. The van der Waals surface area contributed by atoms with E-state index in [2.05, 4.69) is 18.7 Å². The zero-order chi connectivity index (χ0) is 22.9. The maximum Gasteiger partial charge on any atom is 0.253 e. The number of carbonyl (C=O) groups is 1. The maximum atomic E-state index is 13.2. The third-order valence-corrected chi connectivity index (χ3v) is 8.48. The summed E-state index contributed by atoms with van der Waals surface area (Å²) in [6.45, 7) is 12.3. The van der Waals surface area contributed by atoms with Crippen LogP contribution in [0.1, 0.15) is 48.2 Å². The molecule has 2 aliphatic rings. The number of sulfonamides is 1. The molecule has 0 aliphatic carbocycles. The lowest BCUT2D eigenvalue weighted by Crippen LogP contribution is -2.48. The van der Waals surface area contributed by atoms with Crippen LogP contribution >= 0.6 is 0 Å². The molecule has 2 heterocycles. The van der Waals surface area contributed by atoms with Crippen molar-refractivity contribution < 1.29 is 17.9 Å². The number of carbonyl (C=O) groups excluding carboxylic acids is 1. The molecule has 0 aromatic heterocycles. The lowest BCUT2D eigenvalue weighted by atomic mass is 9.95. The Morgan fingerprint density at radius 1 is 1.10 bits per heavy atom. The zero-order valence-electron chi connectivity index (χ0n) is 19.7. The Hall–Kier alpha value is -1.48. The second-order valence-electron chi connectivity index (χ2n) is 9.42. The number of morpholine rings is 1. The van der Waals surface area contributed by atoms with Crippen LogP contribution < -0.4 is 0 Å². The molecule has 0 radical (unpaired) electrons. The fraction of sp³-hybridized carbons (Fsp3) is 0.696. The van der Waals surface area contributed by atoms with Crippen molar-refractivity contribution in [1.82, 2.24) is 14.1 Å². The zero-order valence-corrected chi connectivity index (χ0v) is 20.5. The summed E-state index contributed by atoms with van der Waals surface area (Å²) in [7, 11) is -0.578. The summed E-state index contributed by atoms with van der Waals surface area (Å²) in [5.41, 5.74) is 1.97. The van der Waals surface area contributed by atoms with Crippen LogP contribution in [0.2, 0.25) is 0 Å². The van der Waals surface area contributed by atoms with E-state index in [-0.39, 0.29) is 23.0 Å². The summed E-state index contributed by atoms with van der Waals surface area (Å²) in [6.07, 6.45) is 2.48. The highest BCUT2D eigenvalue weighted by Gasteiger charge is 2.29. The molecule has 7 nitrogen and oxygen atoms in total. The summed E-state index contributed by atoms with van der Waals surface area (Å²) >= 11 is 0. The Morgan fingerprint density at radius 3 is 2.23 bits per heavy atom. The van der Waals surface area contributed by atoms with Gasteiger partial charge in [-0.05, 0) is 69.7 Å². The molecule has 1 amide bonds. The normalized spacial score (nSPS) is 24.0. The van der Waals surface area contributed by atoms with Crippen LogP contribution in [0.5, 0.6) is 0 Å². The van der Waals surface area contributed by atoms with Crippen LogP contribution in [0.3, 0.4) is 0 Å². The van der Waals surface area contributed by atoms with Crippen molar-refractivity contribution in [2.45, 2.75) is 57.6 Å². The van der Waals surface area contributed by atoms with Gasteiger partial charge in [-0.25, -0.2) is 12.7 Å². The van der Waals surface area contributed by atoms with Crippen molar-refractivity contribution in [3.8, 4) is 0 Å². The molecule has 3 rings (SSSR count). The average molecular weight is 452 g/mol. The number of nitrogens with zero attached hydrogens (tertiary/aromatic N) is 3. The molecule has 0 bridgehead atoms.